The van der Waals surface area contributed by atoms with Crippen molar-refractivity contribution in [1.29, 1.82) is 0 Å². The number of carbonyl (C=O) groups excluding carboxylic acids is 2. The summed E-state index contributed by atoms with van der Waals surface area (Å²) in [6.45, 7) is 0.104. The van der Waals surface area contributed by atoms with Gasteiger partial charge in [-0.05, 0) is 53.9 Å². The van der Waals surface area contributed by atoms with Crippen LogP contribution in [0.2, 0.25) is 0 Å². The summed E-state index contributed by atoms with van der Waals surface area (Å²) < 4.78 is 5.54. The van der Waals surface area contributed by atoms with E-state index >= 15 is 0 Å². The van der Waals surface area contributed by atoms with E-state index in [4.69, 9.17) is 4.74 Å². The molecule has 1 atom stereocenters. The molecule has 0 bridgehead atoms. The number of carbonyl (C=O) groups is 3. The van der Waals surface area contributed by atoms with Crippen molar-refractivity contribution in [2.24, 2.45) is 5.92 Å². The Morgan fingerprint density at radius 1 is 0.943 bits per heavy atom. The van der Waals surface area contributed by atoms with E-state index in [-0.39, 0.29) is 18.1 Å². The highest BCUT2D eigenvalue weighted by molar-refractivity contribution is 5.90. The third kappa shape index (κ3) is 4.90. The first-order valence-electron chi connectivity index (χ1n) is 12.6. The monoisotopic (exact) mass is 476 g/mol. The largest absolute Gasteiger partial charge is 0.481 e. The molecule has 2 aromatic rings. The zero-order valence-electron chi connectivity index (χ0n) is 19.8. The smallest absolute Gasteiger partial charge is 0.407 e. The van der Waals surface area contributed by atoms with Gasteiger partial charge in [0.25, 0.3) is 0 Å². The van der Waals surface area contributed by atoms with Gasteiger partial charge >= 0.3 is 12.1 Å². The minimum atomic E-state index is -1.18. The van der Waals surface area contributed by atoms with E-state index in [1.165, 1.54) is 19.3 Å². The van der Waals surface area contributed by atoms with Gasteiger partial charge in [0.2, 0.25) is 5.91 Å². The number of amides is 2. The molecule has 35 heavy (non-hydrogen) atoms. The predicted molar refractivity (Wildman–Crippen MR) is 131 cm³/mol. The van der Waals surface area contributed by atoms with E-state index in [2.05, 4.69) is 22.8 Å². The van der Waals surface area contributed by atoms with Gasteiger partial charge in [0.1, 0.15) is 12.6 Å². The number of rotatable bonds is 8. The van der Waals surface area contributed by atoms with Crippen molar-refractivity contribution in [2.45, 2.75) is 68.9 Å². The molecule has 7 nitrogen and oxygen atoms in total. The van der Waals surface area contributed by atoms with Gasteiger partial charge in [-0.3, -0.25) is 9.59 Å². The van der Waals surface area contributed by atoms with Crippen LogP contribution in [0.25, 0.3) is 11.1 Å². The van der Waals surface area contributed by atoms with Crippen LogP contribution in [-0.4, -0.2) is 41.3 Å². The average molecular weight is 477 g/mol. The Kier molecular flexibility index (Phi) is 6.50. The zero-order chi connectivity index (χ0) is 24.4. The molecule has 0 aliphatic heterocycles. The molecule has 0 heterocycles. The van der Waals surface area contributed by atoms with E-state index in [1.807, 2.05) is 36.4 Å². The van der Waals surface area contributed by atoms with Gasteiger partial charge in [-0.1, -0.05) is 67.8 Å². The molecular formula is C28H32N2O5. The minimum absolute atomic E-state index is 0.104. The molecule has 184 valence electrons. The lowest BCUT2D eigenvalue weighted by Gasteiger charge is -2.32. The number of fused-ring (bicyclic) bond motifs is 3. The highest BCUT2D eigenvalue weighted by atomic mass is 16.5. The SMILES string of the molecule is O=C(O)CC(NC(=O)OCC1c2ccccc2-c2ccccc21)C(=O)NC1(C2CCCCC2)CC1. The first-order chi connectivity index (χ1) is 17.0. The maximum absolute atomic E-state index is 13.1. The van der Waals surface area contributed by atoms with Crippen LogP contribution in [0.4, 0.5) is 4.79 Å². The molecule has 3 aliphatic rings. The summed E-state index contributed by atoms with van der Waals surface area (Å²) in [4.78, 5) is 37.2. The van der Waals surface area contributed by atoms with Crippen LogP contribution in [0.5, 0.6) is 0 Å². The fourth-order valence-corrected chi connectivity index (χ4v) is 5.92. The number of hydrogen-bond acceptors (Lipinski definition) is 4. The fourth-order valence-electron chi connectivity index (χ4n) is 5.92. The lowest BCUT2D eigenvalue weighted by atomic mass is 9.82. The quantitative estimate of drug-likeness (QED) is 0.517. The van der Waals surface area contributed by atoms with Crippen molar-refractivity contribution in [3.05, 3.63) is 59.7 Å². The van der Waals surface area contributed by atoms with Crippen LogP contribution in [0.1, 0.15) is 68.4 Å². The molecule has 7 heteroatoms. The molecule has 0 radical (unpaired) electrons. The van der Waals surface area contributed by atoms with Crippen LogP contribution in [-0.2, 0) is 14.3 Å². The van der Waals surface area contributed by atoms with Gasteiger partial charge in [0, 0.05) is 11.5 Å². The van der Waals surface area contributed by atoms with Gasteiger partial charge in [-0.2, -0.15) is 0 Å². The summed E-state index contributed by atoms with van der Waals surface area (Å²) in [5, 5.41) is 15.0. The number of alkyl carbamates (subject to hydrolysis) is 1. The van der Waals surface area contributed by atoms with Crippen LogP contribution in [0, 0.1) is 5.92 Å². The molecule has 3 aliphatic carbocycles. The lowest BCUT2D eigenvalue weighted by molar-refractivity contribution is -0.140. The summed E-state index contributed by atoms with van der Waals surface area (Å²) in [6, 6.07) is 14.9. The van der Waals surface area contributed by atoms with Crippen molar-refractivity contribution in [1.82, 2.24) is 10.6 Å². The number of carboxylic acids is 1. The number of ether oxygens (including phenoxy) is 1. The maximum atomic E-state index is 13.1. The number of benzene rings is 2. The van der Waals surface area contributed by atoms with Crippen molar-refractivity contribution >= 4 is 18.0 Å². The Labute approximate surface area is 205 Å². The van der Waals surface area contributed by atoms with E-state index in [9.17, 15) is 19.5 Å². The average Bonchev–Trinajstić information content (AvgIpc) is 3.58. The van der Waals surface area contributed by atoms with E-state index in [1.54, 1.807) is 0 Å². The van der Waals surface area contributed by atoms with Crippen molar-refractivity contribution in [2.75, 3.05) is 6.61 Å². The lowest BCUT2D eigenvalue weighted by Crippen LogP contribution is -2.53. The second kappa shape index (κ2) is 9.72. The summed E-state index contributed by atoms with van der Waals surface area (Å²) in [7, 11) is 0. The molecule has 0 aromatic heterocycles. The van der Waals surface area contributed by atoms with Crippen LogP contribution in [0.3, 0.4) is 0 Å². The van der Waals surface area contributed by atoms with E-state index in [0.29, 0.717) is 5.92 Å². The van der Waals surface area contributed by atoms with Gasteiger partial charge in [0.15, 0.2) is 0 Å². The molecule has 0 saturated heterocycles. The first kappa shape index (κ1) is 23.4. The summed E-state index contributed by atoms with van der Waals surface area (Å²) in [6.07, 6.45) is 6.28. The van der Waals surface area contributed by atoms with E-state index < -0.39 is 30.4 Å². The minimum Gasteiger partial charge on any atom is -0.481 e. The topological polar surface area (TPSA) is 105 Å². The van der Waals surface area contributed by atoms with Gasteiger partial charge in [-0.25, -0.2) is 4.79 Å². The van der Waals surface area contributed by atoms with Gasteiger partial charge < -0.3 is 20.5 Å². The standard InChI is InChI=1S/C28H32N2O5/c31-25(32)16-24(26(33)30-28(14-15-28)18-8-2-1-3-9-18)29-27(34)35-17-23-21-12-6-4-10-19(21)20-11-5-7-13-22(20)23/h4-7,10-13,18,23-24H,1-3,8-9,14-17H2,(H,29,34)(H,30,33)(H,31,32). The Hall–Kier alpha value is -3.35. The fraction of sp³-hybridized carbons (Fsp3) is 0.464. The number of aliphatic carboxylic acids is 1. The van der Waals surface area contributed by atoms with Crippen LogP contribution >= 0.6 is 0 Å². The van der Waals surface area contributed by atoms with Crippen molar-refractivity contribution in [3.63, 3.8) is 0 Å². The second-order valence-electron chi connectivity index (χ2n) is 10.1. The Morgan fingerprint density at radius 2 is 1.54 bits per heavy atom. The Bertz CT molecular complexity index is 1070. The molecule has 2 saturated carbocycles. The summed E-state index contributed by atoms with van der Waals surface area (Å²) >= 11 is 0. The third-order valence-corrected chi connectivity index (χ3v) is 7.88. The summed E-state index contributed by atoms with van der Waals surface area (Å²) in [5.41, 5.74) is 4.18. The molecule has 1 unspecified atom stereocenters. The van der Waals surface area contributed by atoms with E-state index in [0.717, 1.165) is 47.9 Å². The normalized spacial score (nSPS) is 19.2. The first-order valence-corrected chi connectivity index (χ1v) is 12.6. The molecule has 3 N–H and O–H groups in total. The number of nitrogens with one attached hydrogen (secondary N) is 2. The third-order valence-electron chi connectivity index (χ3n) is 7.88. The maximum Gasteiger partial charge on any atom is 0.407 e. The van der Waals surface area contributed by atoms with Crippen LogP contribution in [0.15, 0.2) is 48.5 Å². The number of hydrogen-bond donors (Lipinski definition) is 3. The zero-order valence-corrected chi connectivity index (χ0v) is 19.8. The molecule has 5 rings (SSSR count). The predicted octanol–water partition coefficient (Wildman–Crippen LogP) is 4.60. The van der Waals surface area contributed by atoms with Crippen molar-refractivity contribution in [3.8, 4) is 11.1 Å². The van der Waals surface area contributed by atoms with Crippen molar-refractivity contribution < 1.29 is 24.2 Å². The second-order valence-corrected chi connectivity index (χ2v) is 10.1. The van der Waals surface area contributed by atoms with Gasteiger partial charge in [-0.15, -0.1) is 0 Å². The molecule has 2 aromatic carbocycles. The molecular weight excluding hydrogens is 444 g/mol. The summed E-state index contributed by atoms with van der Waals surface area (Å²) in [5.74, 6) is -1.27. The van der Waals surface area contributed by atoms with Crippen LogP contribution < -0.4 is 10.6 Å². The highest BCUT2D eigenvalue weighted by Gasteiger charge is 2.51. The molecule has 0 spiro atoms. The molecule has 2 amide bonds. The molecule has 2 fully saturated rings. The Morgan fingerprint density at radius 3 is 2.11 bits per heavy atom. The number of carboxylic acid groups (broad SMARTS) is 1. The van der Waals surface area contributed by atoms with Gasteiger partial charge in [0.05, 0.1) is 6.42 Å². The Balaban J connectivity index is 1.23. The highest BCUT2D eigenvalue weighted by Crippen LogP contribution is 2.48.